The van der Waals surface area contributed by atoms with E-state index in [1.165, 1.54) is 6.07 Å². The van der Waals surface area contributed by atoms with Crippen molar-refractivity contribution in [3.05, 3.63) is 59.4 Å². The molecule has 1 N–H and O–H groups in total. The van der Waals surface area contributed by atoms with Crippen molar-refractivity contribution >= 4 is 17.4 Å². The van der Waals surface area contributed by atoms with E-state index in [0.29, 0.717) is 28.8 Å². The lowest BCUT2D eigenvalue weighted by molar-refractivity contribution is 0.252. The molecule has 0 saturated carbocycles. The van der Waals surface area contributed by atoms with Gasteiger partial charge in [0.25, 0.3) is 5.76 Å². The summed E-state index contributed by atoms with van der Waals surface area (Å²) < 4.78 is 37.7. The lowest BCUT2D eigenvalue weighted by Gasteiger charge is -2.08. The van der Waals surface area contributed by atoms with Crippen molar-refractivity contribution < 1.29 is 13.2 Å². The number of benzene rings is 2. The molecule has 0 atom stereocenters. The monoisotopic (exact) mass is 297 g/mol. The normalized spacial score (nSPS) is 10.8. The predicted molar refractivity (Wildman–Crippen MR) is 76.8 cm³/mol. The van der Waals surface area contributed by atoms with Crippen molar-refractivity contribution in [2.24, 2.45) is 0 Å². The van der Waals surface area contributed by atoms with Crippen molar-refractivity contribution in [3.8, 4) is 0 Å². The number of nitrogens with one attached hydrogen (secondary N) is 1. The minimum atomic E-state index is -2.41. The maximum atomic E-state index is 13.4. The van der Waals surface area contributed by atoms with Gasteiger partial charge in [0.15, 0.2) is 0 Å². The Morgan fingerprint density at radius 3 is 2.40 bits per heavy atom. The van der Waals surface area contributed by atoms with Gasteiger partial charge >= 0.3 is 0 Å². The van der Waals surface area contributed by atoms with Gasteiger partial charge in [0, 0.05) is 17.1 Å². The summed E-state index contributed by atoms with van der Waals surface area (Å²) in [7, 11) is 0. The fourth-order valence-corrected chi connectivity index (χ4v) is 2.20. The Balaban J connectivity index is 1.95. The molecule has 2 aromatic rings. The maximum Gasteiger partial charge on any atom is 0.288 e. The molecule has 0 aliphatic rings. The molecule has 0 unspecified atom stereocenters. The van der Waals surface area contributed by atoms with Crippen molar-refractivity contribution in [1.82, 2.24) is 0 Å². The molecule has 106 valence electrons. The van der Waals surface area contributed by atoms with E-state index in [1.807, 2.05) is 6.07 Å². The first kappa shape index (κ1) is 14.8. The molecular weight excluding hydrogens is 283 g/mol. The van der Waals surface area contributed by atoms with Crippen molar-refractivity contribution in [2.45, 2.75) is 24.1 Å². The molecule has 0 heterocycles. The Labute approximate surface area is 120 Å². The van der Waals surface area contributed by atoms with E-state index in [2.05, 4.69) is 5.32 Å². The van der Waals surface area contributed by atoms with Gasteiger partial charge in [-0.05, 0) is 48.4 Å². The Kier molecular flexibility index (Phi) is 4.95. The van der Waals surface area contributed by atoms with E-state index in [0.717, 1.165) is 11.3 Å². The van der Waals surface area contributed by atoms with Crippen molar-refractivity contribution in [1.29, 1.82) is 0 Å². The molecule has 20 heavy (non-hydrogen) atoms. The molecule has 0 saturated heterocycles. The van der Waals surface area contributed by atoms with Crippen LogP contribution in [0.1, 0.15) is 11.1 Å². The Hall–Kier alpha value is -1.62. The minimum Gasteiger partial charge on any atom is -0.381 e. The molecule has 0 radical (unpaired) electrons. The zero-order valence-electron chi connectivity index (χ0n) is 10.9. The summed E-state index contributed by atoms with van der Waals surface area (Å²) in [6, 6.07) is 11.8. The highest BCUT2D eigenvalue weighted by atomic mass is 32.2. The molecule has 0 fully saturated rings. The third-order valence-electron chi connectivity index (χ3n) is 2.81. The average Bonchev–Trinajstić information content (AvgIpc) is 2.41. The number of halogens is 3. The van der Waals surface area contributed by atoms with Crippen LogP contribution >= 0.6 is 11.8 Å². The van der Waals surface area contributed by atoms with Gasteiger partial charge in [-0.3, -0.25) is 0 Å². The van der Waals surface area contributed by atoms with Crippen LogP contribution in [0, 0.1) is 12.7 Å². The van der Waals surface area contributed by atoms with Gasteiger partial charge in [-0.2, -0.15) is 8.78 Å². The second-order valence-electron chi connectivity index (χ2n) is 4.34. The van der Waals surface area contributed by atoms with Crippen LogP contribution in [0.4, 0.5) is 18.9 Å². The second-order valence-corrected chi connectivity index (χ2v) is 5.40. The predicted octanol–water partition coefficient (Wildman–Crippen LogP) is 5.06. The van der Waals surface area contributed by atoms with E-state index in [4.69, 9.17) is 0 Å². The summed E-state index contributed by atoms with van der Waals surface area (Å²) in [5, 5.41) is 3.12. The Bertz CT molecular complexity index is 570. The van der Waals surface area contributed by atoms with Crippen LogP contribution in [0.2, 0.25) is 0 Å². The maximum absolute atomic E-state index is 13.4. The molecule has 0 bridgehead atoms. The fourth-order valence-electron chi connectivity index (χ4n) is 1.70. The van der Waals surface area contributed by atoms with Crippen LogP contribution in [-0.2, 0) is 6.54 Å². The molecule has 0 aliphatic carbocycles. The number of rotatable bonds is 5. The molecule has 5 heteroatoms. The first-order chi connectivity index (χ1) is 9.54. The second kappa shape index (κ2) is 6.70. The van der Waals surface area contributed by atoms with Gasteiger partial charge in [0.2, 0.25) is 0 Å². The van der Waals surface area contributed by atoms with E-state index in [-0.39, 0.29) is 5.82 Å². The highest BCUT2D eigenvalue weighted by Crippen LogP contribution is 2.26. The number of hydrogen-bond acceptors (Lipinski definition) is 2. The molecule has 0 spiro atoms. The fraction of sp³-hybridized carbons (Fsp3) is 0.200. The van der Waals surface area contributed by atoms with E-state index in [1.54, 1.807) is 37.3 Å². The average molecular weight is 297 g/mol. The van der Waals surface area contributed by atoms with Gasteiger partial charge in [0.1, 0.15) is 5.82 Å². The third kappa shape index (κ3) is 4.20. The van der Waals surface area contributed by atoms with E-state index < -0.39 is 5.76 Å². The van der Waals surface area contributed by atoms with Crippen molar-refractivity contribution in [2.75, 3.05) is 5.32 Å². The first-order valence-electron chi connectivity index (χ1n) is 6.08. The number of alkyl halides is 2. The molecule has 2 aromatic carbocycles. The number of hydrogen-bond donors (Lipinski definition) is 1. The molecular formula is C15H14F3NS. The molecule has 2 rings (SSSR count). The van der Waals surface area contributed by atoms with Crippen LogP contribution in [0.25, 0.3) is 0 Å². The highest BCUT2D eigenvalue weighted by molar-refractivity contribution is 7.99. The highest BCUT2D eigenvalue weighted by Gasteiger charge is 2.05. The van der Waals surface area contributed by atoms with Gasteiger partial charge in [0.05, 0.1) is 0 Å². The summed E-state index contributed by atoms with van der Waals surface area (Å²) in [5.74, 6) is -2.64. The van der Waals surface area contributed by atoms with E-state index in [9.17, 15) is 13.2 Å². The van der Waals surface area contributed by atoms with Crippen molar-refractivity contribution in [3.63, 3.8) is 0 Å². The van der Waals surface area contributed by atoms with Crippen LogP contribution in [0.5, 0.6) is 0 Å². The number of thioether (sulfide) groups is 1. The van der Waals surface area contributed by atoms with Crippen LogP contribution in [0.3, 0.4) is 0 Å². The SMILES string of the molecule is Cc1ccc(CNc2ccc(SC(F)F)cc2)cc1F. The molecule has 0 amide bonds. The summed E-state index contributed by atoms with van der Waals surface area (Å²) in [6.45, 7) is 2.20. The number of aryl methyl sites for hydroxylation is 1. The van der Waals surface area contributed by atoms with Gasteiger partial charge in [-0.25, -0.2) is 4.39 Å². The molecule has 1 nitrogen and oxygen atoms in total. The molecule has 0 aromatic heterocycles. The smallest absolute Gasteiger partial charge is 0.288 e. The summed E-state index contributed by atoms with van der Waals surface area (Å²) in [4.78, 5) is 0.520. The quantitative estimate of drug-likeness (QED) is 0.774. The standard InChI is InChI=1S/C15H14F3NS/c1-10-2-3-11(8-14(10)16)9-19-12-4-6-13(7-5-12)20-15(17)18/h2-8,15,19H,9H2,1H3. The Morgan fingerprint density at radius 2 is 1.80 bits per heavy atom. The van der Waals surface area contributed by atoms with Crippen LogP contribution in [0.15, 0.2) is 47.4 Å². The van der Waals surface area contributed by atoms with Gasteiger partial charge in [-0.1, -0.05) is 23.9 Å². The summed E-state index contributed by atoms with van der Waals surface area (Å²) in [5.41, 5.74) is 2.26. The third-order valence-corrected chi connectivity index (χ3v) is 3.53. The van der Waals surface area contributed by atoms with Crippen LogP contribution < -0.4 is 5.32 Å². The largest absolute Gasteiger partial charge is 0.381 e. The minimum absolute atomic E-state index is 0.229. The zero-order chi connectivity index (χ0) is 14.5. The molecule has 0 aliphatic heterocycles. The van der Waals surface area contributed by atoms with Gasteiger partial charge in [-0.15, -0.1) is 0 Å². The zero-order valence-corrected chi connectivity index (χ0v) is 11.7. The Morgan fingerprint density at radius 1 is 1.10 bits per heavy atom. The van der Waals surface area contributed by atoms with Crippen LogP contribution in [-0.4, -0.2) is 5.76 Å². The van der Waals surface area contributed by atoms with Gasteiger partial charge < -0.3 is 5.32 Å². The lowest BCUT2D eigenvalue weighted by atomic mass is 10.1. The topological polar surface area (TPSA) is 12.0 Å². The summed E-state index contributed by atoms with van der Waals surface area (Å²) in [6.07, 6.45) is 0. The number of anilines is 1. The lowest BCUT2D eigenvalue weighted by Crippen LogP contribution is -2.00. The first-order valence-corrected chi connectivity index (χ1v) is 6.96. The summed E-state index contributed by atoms with van der Waals surface area (Å²) >= 11 is 0.514. The van der Waals surface area contributed by atoms with E-state index >= 15 is 0 Å².